The molecule has 0 aliphatic carbocycles. The van der Waals surface area contributed by atoms with Gasteiger partial charge in [0.1, 0.15) is 7.05 Å². The van der Waals surface area contributed by atoms with Crippen LogP contribution in [0.4, 0.5) is 11.4 Å². The number of unbranched alkanes of at least 4 members (excludes halogenated alkanes) is 2. The molecule has 0 radical (unpaired) electrons. The summed E-state index contributed by atoms with van der Waals surface area (Å²) in [5.41, 5.74) is 4.71. The van der Waals surface area contributed by atoms with Crippen molar-refractivity contribution < 1.29 is 51.4 Å². The third-order valence-electron chi connectivity index (χ3n) is 9.80. The zero-order valence-electron chi connectivity index (χ0n) is 29.1. The van der Waals surface area contributed by atoms with E-state index in [1.165, 1.54) is 12.1 Å². The Morgan fingerprint density at radius 3 is 2.43 bits per heavy atom. The van der Waals surface area contributed by atoms with E-state index in [9.17, 15) is 32.6 Å². The molecule has 1 N–H and O–H groups in total. The molecule has 3 heterocycles. The molecule has 3 aliphatic rings. The van der Waals surface area contributed by atoms with Crippen molar-refractivity contribution in [2.24, 2.45) is 0 Å². The number of hydrogen-bond donors (Lipinski definition) is 1. The van der Waals surface area contributed by atoms with E-state index in [0.717, 1.165) is 50.8 Å². The topological polar surface area (TPSA) is 166 Å². The Labute approximate surface area is 301 Å². The van der Waals surface area contributed by atoms with Gasteiger partial charge in [-0.05, 0) is 75.6 Å². The molecule has 51 heavy (non-hydrogen) atoms. The summed E-state index contributed by atoms with van der Waals surface area (Å²) in [6.07, 6.45) is 12.3. The minimum Gasteiger partial charge on any atom is -0.691 e. The molecule has 2 amide bonds. The van der Waals surface area contributed by atoms with Gasteiger partial charge in [0.15, 0.2) is 5.71 Å². The molecule has 0 bridgehead atoms. The van der Waals surface area contributed by atoms with Crippen LogP contribution < -0.4 is 10.2 Å². The molecule has 2 aromatic carbocycles. The van der Waals surface area contributed by atoms with Crippen molar-refractivity contribution >= 4 is 57.0 Å². The van der Waals surface area contributed by atoms with Gasteiger partial charge in [-0.1, -0.05) is 31.1 Å². The average Bonchev–Trinajstić information content (AvgIpc) is 3.58. The van der Waals surface area contributed by atoms with Crippen molar-refractivity contribution in [3.8, 4) is 0 Å². The van der Waals surface area contributed by atoms with Crippen molar-refractivity contribution in [2.45, 2.75) is 86.3 Å². The lowest BCUT2D eigenvalue weighted by molar-refractivity contribution is -0.777. The summed E-state index contributed by atoms with van der Waals surface area (Å²) in [6, 6.07) is 10.4. The zero-order valence-corrected chi connectivity index (χ0v) is 30.7. The van der Waals surface area contributed by atoms with E-state index in [-0.39, 0.29) is 29.6 Å². The Morgan fingerprint density at radius 2 is 1.75 bits per heavy atom. The molecule has 1 fully saturated rings. The van der Waals surface area contributed by atoms with Crippen LogP contribution in [0.15, 0.2) is 82.3 Å². The largest absolute Gasteiger partial charge is 0.691 e. The SMILES string of the molecule is CN1\C(=C/C=C/C=C/C2=[N+](C)c3ccc(SOO[O-])cc3C2(C)C)C(C)(CCCCCC(=O)ON2C(=O)CCC2=O)c2cc(S(=O)(=O)O)ccc21. The fourth-order valence-corrected chi connectivity index (χ4v) is 8.02. The van der Waals surface area contributed by atoms with Gasteiger partial charge in [-0.15, -0.1) is 5.06 Å². The average molecular weight is 740 g/mol. The van der Waals surface area contributed by atoms with Crippen molar-refractivity contribution in [1.82, 2.24) is 5.06 Å². The minimum absolute atomic E-state index is 0.0319. The minimum atomic E-state index is -4.44. The molecule has 3 aliphatic heterocycles. The highest BCUT2D eigenvalue weighted by Gasteiger charge is 2.44. The molecule has 13 nitrogen and oxygen atoms in total. The molecule has 2 aromatic rings. The molecular weight excluding hydrogens is 699 g/mol. The number of hydrogen-bond acceptors (Lipinski definition) is 11. The number of amides is 2. The predicted molar refractivity (Wildman–Crippen MR) is 187 cm³/mol. The number of nitrogens with zero attached hydrogens (tertiary/aromatic N) is 3. The van der Waals surface area contributed by atoms with Gasteiger partial charge in [-0.2, -0.15) is 17.3 Å². The summed E-state index contributed by atoms with van der Waals surface area (Å²) in [5.74, 6) is -1.69. The maximum atomic E-state index is 12.3. The van der Waals surface area contributed by atoms with E-state index in [2.05, 4.69) is 27.8 Å². The monoisotopic (exact) mass is 739 g/mol. The molecule has 1 unspecified atom stereocenters. The molecule has 1 saturated heterocycles. The lowest BCUT2D eigenvalue weighted by Crippen LogP contribution is -2.31. The van der Waals surface area contributed by atoms with E-state index in [0.29, 0.717) is 30.7 Å². The number of allylic oxidation sites excluding steroid dienone is 6. The van der Waals surface area contributed by atoms with Crippen molar-refractivity contribution in [2.75, 3.05) is 19.0 Å². The summed E-state index contributed by atoms with van der Waals surface area (Å²) in [7, 11) is -0.527. The first-order valence-electron chi connectivity index (χ1n) is 16.5. The number of likely N-dealkylation sites (N-methyl/N-ethyl adjacent to an activating group) is 1. The molecule has 0 aromatic heterocycles. The van der Waals surface area contributed by atoms with E-state index >= 15 is 0 Å². The number of carbonyl (C=O) groups excluding carboxylic acids is 3. The van der Waals surface area contributed by atoms with Crippen LogP contribution in [-0.4, -0.2) is 60.2 Å². The highest BCUT2D eigenvalue weighted by atomic mass is 32.2. The van der Waals surface area contributed by atoms with E-state index in [1.54, 1.807) is 6.07 Å². The number of benzene rings is 2. The number of anilines is 1. The van der Waals surface area contributed by atoms with Gasteiger partial charge in [0.2, 0.25) is 5.69 Å². The Balaban J connectivity index is 1.31. The quantitative estimate of drug-likeness (QED) is 0.0397. The molecule has 5 rings (SSSR count). The van der Waals surface area contributed by atoms with Crippen LogP contribution in [0.25, 0.3) is 0 Å². The first-order chi connectivity index (χ1) is 24.1. The first kappa shape index (κ1) is 38.1. The van der Waals surface area contributed by atoms with Crippen LogP contribution in [-0.2, 0) is 49.5 Å². The summed E-state index contributed by atoms with van der Waals surface area (Å²) in [6.45, 7) is 6.27. The van der Waals surface area contributed by atoms with Gasteiger partial charge >= 0.3 is 5.97 Å². The van der Waals surface area contributed by atoms with Crippen LogP contribution in [0.5, 0.6) is 0 Å². The molecule has 1 atom stereocenters. The summed E-state index contributed by atoms with van der Waals surface area (Å²) >= 11 is 0.852. The van der Waals surface area contributed by atoms with E-state index in [1.807, 2.05) is 74.5 Å². The highest BCUT2D eigenvalue weighted by Crippen LogP contribution is 2.50. The Morgan fingerprint density at radius 1 is 1.02 bits per heavy atom. The van der Waals surface area contributed by atoms with Gasteiger partial charge < -0.3 is 15.0 Å². The third kappa shape index (κ3) is 7.88. The highest BCUT2D eigenvalue weighted by molar-refractivity contribution is 7.94. The number of imide groups is 1. The lowest BCUT2D eigenvalue weighted by Gasteiger charge is -2.29. The van der Waals surface area contributed by atoms with Crippen molar-refractivity contribution in [3.63, 3.8) is 0 Å². The first-order valence-corrected chi connectivity index (χ1v) is 18.6. The number of rotatable bonds is 14. The summed E-state index contributed by atoms with van der Waals surface area (Å²) < 4.78 is 40.6. The number of hydroxylamine groups is 2. The second-order valence-electron chi connectivity index (χ2n) is 13.4. The fraction of sp³-hybridized carbons (Fsp3) is 0.389. The summed E-state index contributed by atoms with van der Waals surface area (Å²) in [4.78, 5) is 43.3. The van der Waals surface area contributed by atoms with E-state index in [4.69, 9.17) is 4.84 Å². The Hall–Kier alpha value is -4.12. The van der Waals surface area contributed by atoms with Crippen LogP contribution in [0.2, 0.25) is 0 Å². The Kier molecular flexibility index (Phi) is 11.4. The number of fused-ring (bicyclic) bond motifs is 2. The lowest BCUT2D eigenvalue weighted by atomic mass is 9.77. The standard InChI is InChI=1S/C36H41N3O10S2/c1-35(2)26-22-24(50-49-48-43)15-17-28(26)37(4)30(35)12-8-6-9-13-31-36(3,27-23-25(51(44,45)46)16-18-29(27)38(31)5)21-11-7-10-14-34(42)47-39-32(40)19-20-33(39)41/h6,8-9,12-13,15-18,22-23H,7,10-11,14,19-21H2,1-5H3,(H-,43,44,45,46). The normalized spacial score (nSPS) is 20.8. The van der Waals surface area contributed by atoms with Gasteiger partial charge in [0.05, 0.1) is 22.4 Å². The van der Waals surface area contributed by atoms with Crippen LogP contribution in [0, 0.1) is 0 Å². The van der Waals surface area contributed by atoms with Gasteiger partial charge in [-0.25, -0.2) is 4.79 Å². The third-order valence-corrected chi connectivity index (χ3v) is 11.2. The fourth-order valence-electron chi connectivity index (χ4n) is 7.11. The maximum absolute atomic E-state index is 12.3. The second-order valence-corrected chi connectivity index (χ2v) is 15.6. The second kappa shape index (κ2) is 15.2. The molecule has 272 valence electrons. The predicted octanol–water partition coefficient (Wildman–Crippen LogP) is 5.13. The van der Waals surface area contributed by atoms with Gasteiger partial charge in [0.25, 0.3) is 21.9 Å². The maximum Gasteiger partial charge on any atom is 0.333 e. The van der Waals surface area contributed by atoms with Crippen LogP contribution >= 0.6 is 12.0 Å². The van der Waals surface area contributed by atoms with Crippen molar-refractivity contribution in [3.05, 3.63) is 83.6 Å². The molecule has 0 saturated carbocycles. The molecule has 0 spiro atoms. The summed E-state index contributed by atoms with van der Waals surface area (Å²) in [5, 5.41) is 14.3. The zero-order chi connectivity index (χ0) is 37.1. The van der Waals surface area contributed by atoms with Crippen molar-refractivity contribution in [1.29, 1.82) is 0 Å². The van der Waals surface area contributed by atoms with Gasteiger partial charge in [0, 0.05) is 65.7 Å². The molecular formula is C36H41N3O10S2. The molecule has 15 heteroatoms. The van der Waals surface area contributed by atoms with Crippen LogP contribution in [0.1, 0.15) is 76.8 Å². The van der Waals surface area contributed by atoms with Crippen LogP contribution in [0.3, 0.4) is 0 Å². The van der Waals surface area contributed by atoms with Gasteiger partial charge in [-0.3, -0.25) is 19.2 Å². The Bertz CT molecular complexity index is 1950. The number of carbonyl (C=O) groups is 3. The van der Waals surface area contributed by atoms with E-state index < -0.39 is 33.3 Å². The smallest absolute Gasteiger partial charge is 0.333 e.